The summed E-state index contributed by atoms with van der Waals surface area (Å²) in [5.41, 5.74) is 5.71. The Balaban J connectivity index is 1.73. The molecule has 0 aromatic carbocycles. The van der Waals surface area contributed by atoms with Crippen molar-refractivity contribution in [3.05, 3.63) is 0 Å². The minimum absolute atomic E-state index is 0.258. The van der Waals surface area contributed by atoms with Crippen LogP contribution in [0.25, 0.3) is 0 Å². The Kier molecular flexibility index (Phi) is 6.15. The highest BCUT2D eigenvalue weighted by molar-refractivity contribution is 5.79. The van der Waals surface area contributed by atoms with Crippen LogP contribution in [0.5, 0.6) is 0 Å². The number of rotatable bonds is 3. The summed E-state index contributed by atoms with van der Waals surface area (Å²) in [6.45, 7) is 0.789. The molecular formula is C16H30N2O. The zero-order valence-electron chi connectivity index (χ0n) is 12.2. The molecule has 2 fully saturated rings. The summed E-state index contributed by atoms with van der Waals surface area (Å²) in [5, 5.41) is 3.32. The quantitative estimate of drug-likeness (QED) is 0.825. The number of hydrogen-bond donors (Lipinski definition) is 2. The van der Waals surface area contributed by atoms with Gasteiger partial charge >= 0.3 is 0 Å². The minimum atomic E-state index is 0.258. The summed E-state index contributed by atoms with van der Waals surface area (Å²) in [6, 6.07) is 0.444. The summed E-state index contributed by atoms with van der Waals surface area (Å²) in [6.07, 6.45) is 13.4. The molecule has 110 valence electrons. The minimum Gasteiger partial charge on any atom is -0.353 e. The Morgan fingerprint density at radius 2 is 1.47 bits per heavy atom. The van der Waals surface area contributed by atoms with Crippen LogP contribution >= 0.6 is 0 Å². The summed E-state index contributed by atoms with van der Waals surface area (Å²) in [7, 11) is 0. The van der Waals surface area contributed by atoms with Crippen molar-refractivity contribution in [1.82, 2.24) is 5.32 Å². The Morgan fingerprint density at radius 1 is 0.895 bits per heavy atom. The van der Waals surface area contributed by atoms with Gasteiger partial charge in [-0.15, -0.1) is 0 Å². The molecule has 3 nitrogen and oxygen atoms in total. The molecule has 0 aliphatic heterocycles. The van der Waals surface area contributed by atoms with E-state index in [9.17, 15) is 4.79 Å². The van der Waals surface area contributed by atoms with Crippen molar-refractivity contribution < 1.29 is 4.79 Å². The fourth-order valence-corrected chi connectivity index (χ4v) is 3.58. The van der Waals surface area contributed by atoms with Crippen molar-refractivity contribution in [2.75, 3.05) is 6.54 Å². The van der Waals surface area contributed by atoms with Gasteiger partial charge in [0.2, 0.25) is 5.91 Å². The fourth-order valence-electron chi connectivity index (χ4n) is 3.58. The zero-order valence-corrected chi connectivity index (χ0v) is 12.2. The SMILES string of the molecule is NCC1CCC(C(=O)NC2CCCCCCC2)CC1. The van der Waals surface area contributed by atoms with Crippen molar-refractivity contribution in [1.29, 1.82) is 0 Å². The molecule has 2 rings (SSSR count). The number of carbonyl (C=O) groups excluding carboxylic acids is 1. The van der Waals surface area contributed by atoms with Gasteiger partial charge in [0, 0.05) is 12.0 Å². The van der Waals surface area contributed by atoms with Gasteiger partial charge in [0.15, 0.2) is 0 Å². The highest BCUT2D eigenvalue weighted by Gasteiger charge is 2.26. The molecule has 1 amide bonds. The summed E-state index contributed by atoms with van der Waals surface area (Å²) in [5.74, 6) is 1.24. The van der Waals surface area contributed by atoms with Gasteiger partial charge in [-0.05, 0) is 51.0 Å². The Morgan fingerprint density at radius 3 is 2.05 bits per heavy atom. The van der Waals surface area contributed by atoms with E-state index in [1.165, 1.54) is 44.9 Å². The maximum absolute atomic E-state index is 12.3. The fraction of sp³-hybridized carbons (Fsp3) is 0.938. The highest BCUT2D eigenvalue weighted by atomic mass is 16.1. The third-order valence-corrected chi connectivity index (χ3v) is 5.00. The topological polar surface area (TPSA) is 55.1 Å². The van der Waals surface area contributed by atoms with Crippen molar-refractivity contribution >= 4 is 5.91 Å². The summed E-state index contributed by atoms with van der Waals surface area (Å²) >= 11 is 0. The smallest absolute Gasteiger partial charge is 0.223 e. The second kappa shape index (κ2) is 7.88. The number of amides is 1. The monoisotopic (exact) mass is 266 g/mol. The van der Waals surface area contributed by atoms with Gasteiger partial charge in [0.25, 0.3) is 0 Å². The van der Waals surface area contributed by atoms with Crippen molar-refractivity contribution in [2.24, 2.45) is 17.6 Å². The molecular weight excluding hydrogens is 236 g/mol. The number of nitrogens with one attached hydrogen (secondary N) is 1. The van der Waals surface area contributed by atoms with E-state index in [1.54, 1.807) is 0 Å². The predicted octanol–water partition coefficient (Wildman–Crippen LogP) is 2.98. The lowest BCUT2D eigenvalue weighted by molar-refractivity contribution is -0.127. The molecule has 0 unspecified atom stereocenters. The molecule has 19 heavy (non-hydrogen) atoms. The molecule has 3 N–H and O–H groups in total. The van der Waals surface area contributed by atoms with E-state index in [1.807, 2.05) is 0 Å². The van der Waals surface area contributed by atoms with Crippen molar-refractivity contribution in [3.8, 4) is 0 Å². The largest absolute Gasteiger partial charge is 0.353 e. The molecule has 0 saturated heterocycles. The second-order valence-electron chi connectivity index (χ2n) is 6.50. The third-order valence-electron chi connectivity index (χ3n) is 5.00. The summed E-state index contributed by atoms with van der Waals surface area (Å²) in [4.78, 5) is 12.3. The van der Waals surface area contributed by atoms with Crippen molar-refractivity contribution in [2.45, 2.75) is 76.7 Å². The van der Waals surface area contributed by atoms with E-state index in [0.29, 0.717) is 17.9 Å². The second-order valence-corrected chi connectivity index (χ2v) is 6.50. The van der Waals surface area contributed by atoms with Crippen LogP contribution in [0.4, 0.5) is 0 Å². The molecule has 0 aromatic rings. The third kappa shape index (κ3) is 4.79. The lowest BCUT2D eigenvalue weighted by Crippen LogP contribution is -2.40. The maximum atomic E-state index is 12.3. The van der Waals surface area contributed by atoms with E-state index >= 15 is 0 Å². The van der Waals surface area contributed by atoms with Crippen LogP contribution in [0, 0.1) is 11.8 Å². The molecule has 3 heteroatoms. The molecule has 0 aromatic heterocycles. The average Bonchev–Trinajstić information content (AvgIpc) is 2.41. The predicted molar refractivity (Wildman–Crippen MR) is 78.8 cm³/mol. The van der Waals surface area contributed by atoms with Crippen molar-refractivity contribution in [3.63, 3.8) is 0 Å². The van der Waals surface area contributed by atoms with E-state index < -0.39 is 0 Å². The zero-order chi connectivity index (χ0) is 13.5. The molecule has 2 saturated carbocycles. The van der Waals surface area contributed by atoms with Gasteiger partial charge in [0.05, 0.1) is 0 Å². The van der Waals surface area contributed by atoms with Crippen LogP contribution in [0.15, 0.2) is 0 Å². The van der Waals surface area contributed by atoms with Gasteiger partial charge in [-0.2, -0.15) is 0 Å². The molecule has 0 heterocycles. The molecule has 0 atom stereocenters. The van der Waals surface area contributed by atoms with E-state index in [4.69, 9.17) is 5.73 Å². The van der Waals surface area contributed by atoms with Crippen LogP contribution < -0.4 is 11.1 Å². The number of hydrogen-bond acceptors (Lipinski definition) is 2. The Hall–Kier alpha value is -0.570. The highest BCUT2D eigenvalue weighted by Crippen LogP contribution is 2.28. The Labute approximate surface area is 117 Å². The van der Waals surface area contributed by atoms with E-state index in [-0.39, 0.29) is 5.92 Å². The van der Waals surface area contributed by atoms with Crippen LogP contribution in [-0.2, 0) is 4.79 Å². The van der Waals surface area contributed by atoms with Crippen LogP contribution in [0.3, 0.4) is 0 Å². The lowest BCUT2D eigenvalue weighted by Gasteiger charge is -2.29. The molecule has 2 aliphatic rings. The average molecular weight is 266 g/mol. The lowest BCUT2D eigenvalue weighted by atomic mass is 9.81. The first kappa shape index (κ1) is 14.8. The van der Waals surface area contributed by atoms with E-state index in [0.717, 1.165) is 32.2 Å². The molecule has 0 spiro atoms. The van der Waals surface area contributed by atoms with Gasteiger partial charge < -0.3 is 11.1 Å². The molecule has 2 aliphatic carbocycles. The van der Waals surface area contributed by atoms with Gasteiger partial charge in [-0.3, -0.25) is 4.79 Å². The van der Waals surface area contributed by atoms with Gasteiger partial charge in [-0.25, -0.2) is 0 Å². The molecule has 0 radical (unpaired) electrons. The first-order valence-electron chi connectivity index (χ1n) is 8.30. The standard InChI is InChI=1S/C16H30N2O/c17-12-13-8-10-14(11-9-13)16(19)18-15-6-4-2-1-3-5-7-15/h13-15H,1-12,17H2,(H,18,19). The Bertz CT molecular complexity index is 264. The number of carbonyl (C=O) groups is 1. The summed E-state index contributed by atoms with van der Waals surface area (Å²) < 4.78 is 0. The first-order chi connectivity index (χ1) is 9.29. The van der Waals surface area contributed by atoms with Gasteiger partial charge in [-0.1, -0.05) is 32.1 Å². The van der Waals surface area contributed by atoms with Crippen LogP contribution in [0.1, 0.15) is 70.6 Å². The van der Waals surface area contributed by atoms with Gasteiger partial charge in [0.1, 0.15) is 0 Å². The molecule has 0 bridgehead atoms. The van der Waals surface area contributed by atoms with Crippen LogP contribution in [-0.4, -0.2) is 18.5 Å². The normalized spacial score (nSPS) is 30.4. The maximum Gasteiger partial charge on any atom is 0.223 e. The first-order valence-corrected chi connectivity index (χ1v) is 8.30. The number of nitrogens with two attached hydrogens (primary N) is 1. The van der Waals surface area contributed by atoms with E-state index in [2.05, 4.69) is 5.32 Å². The van der Waals surface area contributed by atoms with Crippen LogP contribution in [0.2, 0.25) is 0 Å².